The number of aromatic nitrogens is 2. The summed E-state index contributed by atoms with van der Waals surface area (Å²) in [6.45, 7) is 2.40. The van der Waals surface area contributed by atoms with Gasteiger partial charge in [0.2, 0.25) is 0 Å². The van der Waals surface area contributed by atoms with Crippen LogP contribution in [-0.4, -0.2) is 33.9 Å². The third kappa shape index (κ3) is 5.61. The van der Waals surface area contributed by atoms with Gasteiger partial charge in [0, 0.05) is 30.1 Å². The van der Waals surface area contributed by atoms with Crippen LogP contribution in [-0.2, 0) is 13.0 Å². The van der Waals surface area contributed by atoms with Crippen molar-refractivity contribution in [3.63, 3.8) is 0 Å². The summed E-state index contributed by atoms with van der Waals surface area (Å²) in [5.41, 5.74) is 4.93. The summed E-state index contributed by atoms with van der Waals surface area (Å²) in [6.07, 6.45) is 5.99. The molecule has 0 bridgehead atoms. The van der Waals surface area contributed by atoms with Gasteiger partial charge in [0.25, 0.3) is 5.91 Å². The Bertz CT molecular complexity index is 1320. The minimum Gasteiger partial charge on any atom is -0.379 e. The number of likely N-dealkylation sites (tertiary alicyclic amines) is 1. The highest BCUT2D eigenvalue weighted by molar-refractivity contribution is 7.17. The van der Waals surface area contributed by atoms with Gasteiger partial charge in [-0.25, -0.2) is 4.98 Å². The van der Waals surface area contributed by atoms with Gasteiger partial charge in [-0.15, -0.1) is 11.3 Å². The maximum absolute atomic E-state index is 12.8. The molecule has 2 aromatic carbocycles. The molecule has 0 atom stereocenters. The second kappa shape index (κ2) is 10.6. The molecule has 3 heterocycles. The summed E-state index contributed by atoms with van der Waals surface area (Å²) >= 11 is 1.57. The zero-order valence-electron chi connectivity index (χ0n) is 19.5. The minimum absolute atomic E-state index is 0.164. The molecule has 1 amide bonds. The minimum atomic E-state index is 0.164. The van der Waals surface area contributed by atoms with Gasteiger partial charge in [0.05, 0.1) is 34.9 Å². The number of imidazole rings is 1. The molecule has 1 aliphatic rings. The van der Waals surface area contributed by atoms with E-state index in [-0.39, 0.29) is 5.91 Å². The molecule has 5 rings (SSSR count). The van der Waals surface area contributed by atoms with Gasteiger partial charge in [-0.1, -0.05) is 24.3 Å². The molecule has 0 unspecified atom stereocenters. The average Bonchev–Trinajstić information content (AvgIpc) is 3.58. The van der Waals surface area contributed by atoms with Crippen LogP contribution >= 0.6 is 11.3 Å². The second-order valence-corrected chi connectivity index (χ2v) is 9.87. The molecule has 7 heteroatoms. The quantitative estimate of drug-likeness (QED) is 0.347. The predicted octanol–water partition coefficient (Wildman–Crippen LogP) is 5.84. The van der Waals surface area contributed by atoms with Crippen molar-refractivity contribution in [3.05, 3.63) is 94.4 Å². The molecule has 1 saturated heterocycles. The lowest BCUT2D eigenvalue weighted by Gasteiger charge is -2.26. The first kappa shape index (κ1) is 22.9. The number of aromatic amines is 1. The zero-order valence-corrected chi connectivity index (χ0v) is 20.3. The molecule has 2 N–H and O–H groups in total. The molecular weight excluding hydrogens is 454 g/mol. The maximum Gasteiger partial charge on any atom is 0.263 e. The summed E-state index contributed by atoms with van der Waals surface area (Å²) in [6, 6.07) is 22.0. The number of nitriles is 1. The Morgan fingerprint density at radius 2 is 1.80 bits per heavy atom. The Morgan fingerprint density at radius 1 is 1.03 bits per heavy atom. The molecule has 6 nitrogen and oxygen atoms in total. The summed E-state index contributed by atoms with van der Waals surface area (Å²) in [5.74, 6) is 1.06. The number of H-pyrrole nitrogens is 1. The van der Waals surface area contributed by atoms with Crippen LogP contribution in [0.1, 0.15) is 51.6 Å². The van der Waals surface area contributed by atoms with Crippen LogP contribution in [0, 0.1) is 11.3 Å². The third-order valence-corrected chi connectivity index (χ3v) is 7.37. The standard InChI is InChI=1S/C28H27N5OS/c29-17-21-6-4-20(5-7-21)16-27-31-19-24(32-27)18-30-23-10-8-22(9-11-23)25-12-13-26(35-25)28(34)33-14-2-1-3-15-33/h4-13,19,30H,1-3,14-16,18H2,(H,31,32). The summed E-state index contributed by atoms with van der Waals surface area (Å²) in [5, 5.41) is 12.4. The van der Waals surface area contributed by atoms with Gasteiger partial charge in [0.1, 0.15) is 5.82 Å². The van der Waals surface area contributed by atoms with Gasteiger partial charge in [0.15, 0.2) is 0 Å². The highest BCUT2D eigenvalue weighted by atomic mass is 32.1. The van der Waals surface area contributed by atoms with Crippen molar-refractivity contribution in [1.29, 1.82) is 5.26 Å². The van der Waals surface area contributed by atoms with E-state index in [1.54, 1.807) is 11.3 Å². The number of hydrogen-bond acceptors (Lipinski definition) is 5. The lowest BCUT2D eigenvalue weighted by molar-refractivity contribution is 0.0729. The normalized spacial score (nSPS) is 13.4. The lowest BCUT2D eigenvalue weighted by atomic mass is 10.1. The molecule has 0 radical (unpaired) electrons. The van der Waals surface area contributed by atoms with Gasteiger partial charge in [-0.3, -0.25) is 4.79 Å². The Hall–Kier alpha value is -3.89. The fourth-order valence-electron chi connectivity index (χ4n) is 4.29. The predicted molar refractivity (Wildman–Crippen MR) is 139 cm³/mol. The Morgan fingerprint density at radius 3 is 2.54 bits per heavy atom. The number of thiophene rings is 1. The third-order valence-electron chi connectivity index (χ3n) is 6.25. The molecule has 176 valence electrons. The van der Waals surface area contributed by atoms with Gasteiger partial charge < -0.3 is 15.2 Å². The van der Waals surface area contributed by atoms with Crippen LogP contribution in [0.4, 0.5) is 5.69 Å². The van der Waals surface area contributed by atoms with Crippen molar-refractivity contribution >= 4 is 22.9 Å². The van der Waals surface area contributed by atoms with Gasteiger partial charge >= 0.3 is 0 Å². The molecule has 0 saturated carbocycles. The lowest BCUT2D eigenvalue weighted by Crippen LogP contribution is -2.35. The zero-order chi connectivity index (χ0) is 24.0. The Balaban J connectivity index is 1.16. The monoisotopic (exact) mass is 481 g/mol. The Kier molecular flexibility index (Phi) is 6.92. The molecule has 35 heavy (non-hydrogen) atoms. The van der Waals surface area contributed by atoms with Crippen molar-refractivity contribution in [2.45, 2.75) is 32.2 Å². The highest BCUT2D eigenvalue weighted by Gasteiger charge is 2.19. The van der Waals surface area contributed by atoms with Gasteiger partial charge in [-0.2, -0.15) is 5.26 Å². The topological polar surface area (TPSA) is 84.8 Å². The number of benzene rings is 2. The summed E-state index contributed by atoms with van der Waals surface area (Å²) < 4.78 is 0. The second-order valence-electron chi connectivity index (χ2n) is 8.79. The first-order valence-corrected chi connectivity index (χ1v) is 12.7. The molecular formula is C28H27N5OS. The average molecular weight is 482 g/mol. The number of piperidine rings is 1. The van der Waals surface area contributed by atoms with E-state index in [2.05, 4.69) is 45.6 Å². The number of nitrogens with zero attached hydrogens (tertiary/aromatic N) is 3. The van der Waals surface area contributed by atoms with Crippen LogP contribution in [0.5, 0.6) is 0 Å². The van der Waals surface area contributed by atoms with Crippen LogP contribution in [0.25, 0.3) is 10.4 Å². The number of amides is 1. The van der Waals surface area contributed by atoms with Crippen LogP contribution < -0.4 is 5.32 Å². The largest absolute Gasteiger partial charge is 0.379 e. The number of nitrogens with one attached hydrogen (secondary N) is 2. The molecule has 4 aromatic rings. The van der Waals surface area contributed by atoms with Crippen molar-refractivity contribution in [2.24, 2.45) is 0 Å². The fourth-order valence-corrected chi connectivity index (χ4v) is 5.27. The van der Waals surface area contributed by atoms with E-state index in [4.69, 9.17) is 5.26 Å². The van der Waals surface area contributed by atoms with Crippen molar-refractivity contribution < 1.29 is 4.79 Å². The van der Waals surface area contributed by atoms with Gasteiger partial charge in [-0.05, 0) is 66.8 Å². The molecule has 0 spiro atoms. The van der Waals surface area contributed by atoms with E-state index in [1.165, 1.54) is 6.42 Å². The highest BCUT2D eigenvalue weighted by Crippen LogP contribution is 2.30. The maximum atomic E-state index is 12.8. The molecule has 2 aromatic heterocycles. The molecule has 1 aliphatic heterocycles. The van der Waals surface area contributed by atoms with Crippen LogP contribution in [0.3, 0.4) is 0 Å². The first-order chi connectivity index (χ1) is 17.2. The number of carbonyl (C=O) groups excluding carboxylic acids is 1. The Labute approximate surface area is 209 Å². The number of carbonyl (C=O) groups is 1. The van der Waals surface area contributed by atoms with E-state index in [0.717, 1.165) is 64.0 Å². The summed E-state index contributed by atoms with van der Waals surface area (Å²) in [4.78, 5) is 24.5. The van der Waals surface area contributed by atoms with E-state index in [9.17, 15) is 4.79 Å². The number of hydrogen-bond donors (Lipinski definition) is 2. The van der Waals surface area contributed by atoms with Crippen molar-refractivity contribution in [1.82, 2.24) is 14.9 Å². The molecule has 1 fully saturated rings. The first-order valence-electron chi connectivity index (χ1n) is 11.9. The van der Waals surface area contributed by atoms with Crippen LogP contribution in [0.2, 0.25) is 0 Å². The number of anilines is 1. The SMILES string of the molecule is N#Cc1ccc(Cc2ncc(CNc3ccc(-c4ccc(C(=O)N5CCCCC5)s4)cc3)[nH]2)cc1. The van der Waals surface area contributed by atoms with Crippen LogP contribution in [0.15, 0.2) is 66.9 Å². The number of rotatable bonds is 7. The fraction of sp³-hybridized carbons (Fsp3) is 0.250. The van der Waals surface area contributed by atoms with Crippen molar-refractivity contribution in [3.8, 4) is 16.5 Å². The van der Waals surface area contributed by atoms with E-state index >= 15 is 0 Å². The van der Waals surface area contributed by atoms with E-state index in [1.807, 2.05) is 47.5 Å². The molecule has 0 aliphatic carbocycles. The van der Waals surface area contributed by atoms with E-state index < -0.39 is 0 Å². The smallest absolute Gasteiger partial charge is 0.263 e. The van der Waals surface area contributed by atoms with E-state index in [0.29, 0.717) is 18.5 Å². The van der Waals surface area contributed by atoms with Crippen molar-refractivity contribution in [2.75, 3.05) is 18.4 Å². The summed E-state index contributed by atoms with van der Waals surface area (Å²) in [7, 11) is 0.